The largest absolute Gasteiger partial charge is 0.523 e. The van der Waals surface area contributed by atoms with E-state index >= 15 is 0 Å². The van der Waals surface area contributed by atoms with E-state index in [-0.39, 0.29) is 38.5 Å². The summed E-state index contributed by atoms with van der Waals surface area (Å²) >= 11 is 0. The second-order valence-corrected chi connectivity index (χ2v) is 13.2. The van der Waals surface area contributed by atoms with Crippen LogP contribution in [0.2, 0.25) is 0 Å². The molecule has 2 aliphatic rings. The minimum Gasteiger partial charge on any atom is -0.359 e. The van der Waals surface area contributed by atoms with E-state index in [9.17, 15) is 38.4 Å². The Bertz CT molecular complexity index is 970. The summed E-state index contributed by atoms with van der Waals surface area (Å²) < 4.78 is 113. The summed E-state index contributed by atoms with van der Waals surface area (Å²) in [5.41, 5.74) is 3.56. The van der Waals surface area contributed by atoms with Crippen molar-refractivity contribution in [1.82, 2.24) is 0 Å². The zero-order valence-corrected chi connectivity index (χ0v) is 17.7. The van der Waals surface area contributed by atoms with E-state index in [1.807, 2.05) is 0 Å². The van der Waals surface area contributed by atoms with Crippen molar-refractivity contribution in [2.24, 2.45) is 0 Å². The Kier molecular flexibility index (Phi) is 7.20. The van der Waals surface area contributed by atoms with Gasteiger partial charge in [0.1, 0.15) is 0 Å². The minimum absolute atomic E-state index is 0.243. The zero-order valence-electron chi connectivity index (χ0n) is 15.2. The lowest BCUT2D eigenvalue weighted by Crippen LogP contribution is -2.42. The first kappa shape index (κ1) is 24.3. The first-order valence-corrected chi connectivity index (χ1v) is 13.4. The molecule has 0 aliphatic heterocycles. The maximum Gasteiger partial charge on any atom is 0.523 e. The molecule has 0 aromatic rings. The van der Waals surface area contributed by atoms with Gasteiger partial charge >= 0.3 is 20.0 Å². The number of rotatable bonds is 4. The molecule has 2 aliphatic carbocycles. The summed E-state index contributed by atoms with van der Waals surface area (Å²) in [4.78, 5) is 2.56. The molecule has 0 aromatic carbocycles. The van der Waals surface area contributed by atoms with Crippen LogP contribution >= 0.6 is 0 Å². The van der Waals surface area contributed by atoms with Crippen molar-refractivity contribution in [2.75, 3.05) is 0 Å². The van der Waals surface area contributed by atoms with Gasteiger partial charge in [0.05, 0.1) is 16.6 Å². The van der Waals surface area contributed by atoms with Gasteiger partial charge < -0.3 is 5.53 Å². The average Bonchev–Trinajstić information content (AvgIpc) is 2.61. The monoisotopic (exact) mass is 482 g/mol. The van der Waals surface area contributed by atoms with E-state index in [1.54, 1.807) is 0 Å². The van der Waals surface area contributed by atoms with Crippen LogP contribution < -0.4 is 0 Å². The molecule has 0 saturated heterocycles. The molecule has 15 heteroatoms. The van der Waals surface area contributed by atoms with Crippen molar-refractivity contribution in [2.45, 2.75) is 79.9 Å². The number of hydrogen-bond donors (Lipinski definition) is 0. The summed E-state index contributed by atoms with van der Waals surface area (Å²) in [7, 11) is -14.8. The predicted octanol–water partition coefficient (Wildman–Crippen LogP) is 1.91. The second kappa shape index (κ2) is 8.61. The van der Waals surface area contributed by atoms with Gasteiger partial charge in [-0.15, -0.1) is 4.79 Å². The van der Waals surface area contributed by atoms with E-state index in [2.05, 4.69) is 8.97 Å². The molecule has 0 aromatic heterocycles. The maximum atomic E-state index is 12.7. The molecule has 0 amide bonds. The molecule has 2 saturated carbocycles. The highest BCUT2D eigenvalue weighted by atomic mass is 32.3. The number of hydrogen-bond acceptors (Lipinski definition) is 7. The van der Waals surface area contributed by atoms with E-state index in [0.717, 1.165) is 6.42 Å². The number of alkyl halides is 3. The molecule has 168 valence electrons. The smallest absolute Gasteiger partial charge is 0.359 e. The third-order valence-electron chi connectivity index (χ3n) is 5.17. The number of sulfone groups is 2. The van der Waals surface area contributed by atoms with Crippen LogP contribution in [0.4, 0.5) is 13.2 Å². The minimum atomic E-state index is -5.82. The molecular weight excluding hydrogens is 461 g/mol. The van der Waals surface area contributed by atoms with Gasteiger partial charge in [-0.3, -0.25) is 4.18 Å². The van der Waals surface area contributed by atoms with Crippen LogP contribution in [0.5, 0.6) is 0 Å². The molecule has 2 fully saturated rings. The first-order valence-electron chi connectivity index (χ1n) is 8.93. The van der Waals surface area contributed by atoms with Gasteiger partial charge in [0.15, 0.2) is 0 Å². The lowest BCUT2D eigenvalue weighted by molar-refractivity contribution is -0.0584. The van der Waals surface area contributed by atoms with Gasteiger partial charge in [-0.25, -0.2) is 16.8 Å². The van der Waals surface area contributed by atoms with Gasteiger partial charge in [0.25, 0.3) is 19.7 Å². The molecular formula is C14H21F3N2O7S3. The van der Waals surface area contributed by atoms with Gasteiger partial charge in [-0.1, -0.05) is 19.3 Å². The predicted molar refractivity (Wildman–Crippen MR) is 95.4 cm³/mol. The Morgan fingerprint density at radius 3 is 1.66 bits per heavy atom. The molecule has 2 rings (SSSR count). The van der Waals surface area contributed by atoms with Gasteiger partial charge in [-0.05, 0) is 38.5 Å². The lowest BCUT2D eigenvalue weighted by Gasteiger charge is -2.27. The molecule has 0 unspecified atom stereocenters. The Morgan fingerprint density at radius 2 is 1.24 bits per heavy atom. The highest BCUT2D eigenvalue weighted by molar-refractivity contribution is 8.31. The van der Waals surface area contributed by atoms with E-state index in [1.165, 1.54) is 0 Å². The quantitative estimate of drug-likeness (QED) is 0.148. The summed E-state index contributed by atoms with van der Waals surface area (Å²) in [6.45, 7) is 0. The summed E-state index contributed by atoms with van der Waals surface area (Å²) in [6, 6.07) is 0. The SMILES string of the molecule is [N-]=[N+]=C(S(=O)(=O)C1CCCCC1)S(=O)(=O)C1CCC(OS(=O)(=O)C(F)(F)F)CC1. The Balaban J connectivity index is 2.13. The van der Waals surface area contributed by atoms with Crippen LogP contribution in [0.1, 0.15) is 57.8 Å². The highest BCUT2D eigenvalue weighted by Gasteiger charge is 2.52. The molecule has 0 radical (unpaired) electrons. The van der Waals surface area contributed by atoms with Gasteiger partial charge in [-0.2, -0.15) is 21.6 Å². The molecule has 9 nitrogen and oxygen atoms in total. The van der Waals surface area contributed by atoms with Gasteiger partial charge in [0, 0.05) is 0 Å². The second-order valence-electron chi connectivity index (χ2n) is 7.11. The fourth-order valence-electron chi connectivity index (χ4n) is 3.61. The Labute approximate surface area is 167 Å². The van der Waals surface area contributed by atoms with E-state index < -0.39 is 56.3 Å². The first-order chi connectivity index (χ1) is 13.2. The Morgan fingerprint density at radius 1 is 0.793 bits per heavy atom. The van der Waals surface area contributed by atoms with Crippen molar-refractivity contribution < 1.29 is 47.4 Å². The van der Waals surface area contributed by atoms with Crippen LogP contribution in [0, 0.1) is 0 Å². The maximum absolute atomic E-state index is 12.7. The van der Waals surface area contributed by atoms with Crippen molar-refractivity contribution in [1.29, 1.82) is 0 Å². The molecule has 0 bridgehead atoms. The lowest BCUT2D eigenvalue weighted by atomic mass is 9.97. The highest BCUT2D eigenvalue weighted by Crippen LogP contribution is 2.33. The van der Waals surface area contributed by atoms with Crippen molar-refractivity contribution in [3.63, 3.8) is 0 Å². The molecule has 0 spiro atoms. The normalized spacial score (nSPS) is 25.3. The molecule has 0 heterocycles. The number of halogens is 3. The fourth-order valence-corrected chi connectivity index (χ4v) is 9.02. The summed E-state index contributed by atoms with van der Waals surface area (Å²) in [5, 5.41) is -2.31. The average molecular weight is 483 g/mol. The van der Waals surface area contributed by atoms with Gasteiger partial charge in [0.2, 0.25) is 0 Å². The third-order valence-corrected chi connectivity index (χ3v) is 11.5. The standard InChI is InChI=1S/C14H21F3N2O7S3/c15-14(16,17)29(24,25)26-10-6-8-12(9-7-10)28(22,23)13(19-18)27(20,21)11-4-2-1-3-5-11/h10-12H,1-9H2. The zero-order chi connectivity index (χ0) is 22.1. The van der Waals surface area contributed by atoms with Crippen molar-refractivity contribution in [3.05, 3.63) is 5.53 Å². The number of nitrogens with zero attached hydrogens (tertiary/aromatic N) is 2. The summed E-state index contributed by atoms with van der Waals surface area (Å²) in [6.07, 6.45) is -0.244. The third kappa shape index (κ3) is 5.19. The topological polar surface area (TPSA) is 148 Å². The van der Waals surface area contributed by atoms with Crippen molar-refractivity contribution >= 4 is 34.2 Å². The van der Waals surface area contributed by atoms with Crippen LogP contribution in [0.3, 0.4) is 0 Å². The van der Waals surface area contributed by atoms with Crippen molar-refractivity contribution in [3.8, 4) is 0 Å². The van der Waals surface area contributed by atoms with Crippen LogP contribution in [0.15, 0.2) is 0 Å². The molecule has 29 heavy (non-hydrogen) atoms. The van der Waals surface area contributed by atoms with E-state index in [4.69, 9.17) is 5.53 Å². The molecule has 0 atom stereocenters. The summed E-state index contributed by atoms with van der Waals surface area (Å²) in [5.74, 6) is 0. The molecule has 0 N–H and O–H groups in total. The van der Waals surface area contributed by atoms with Crippen LogP contribution in [-0.4, -0.2) is 56.5 Å². The van der Waals surface area contributed by atoms with E-state index in [0.29, 0.717) is 12.8 Å². The van der Waals surface area contributed by atoms with Crippen LogP contribution in [0.25, 0.3) is 5.53 Å². The van der Waals surface area contributed by atoms with Crippen LogP contribution in [-0.2, 0) is 34.0 Å². The Hall–Kier alpha value is -1.02. The fraction of sp³-hybridized carbons (Fsp3) is 0.929.